The van der Waals surface area contributed by atoms with Crippen LogP contribution in [0.4, 0.5) is 5.69 Å². The molecule has 0 aliphatic carbocycles. The summed E-state index contributed by atoms with van der Waals surface area (Å²) in [6, 6.07) is 11.9. The molecular weight excluding hydrogens is 220 g/mol. The molecule has 2 unspecified atom stereocenters. The van der Waals surface area contributed by atoms with Gasteiger partial charge < -0.3 is 5.32 Å². The van der Waals surface area contributed by atoms with Crippen LogP contribution in [0.5, 0.6) is 0 Å². The van der Waals surface area contributed by atoms with Crippen molar-refractivity contribution in [3.05, 3.63) is 30.3 Å². The van der Waals surface area contributed by atoms with Gasteiger partial charge >= 0.3 is 0 Å². The van der Waals surface area contributed by atoms with Crippen molar-refractivity contribution in [3.8, 4) is 0 Å². The first-order chi connectivity index (χ1) is 8.81. The van der Waals surface area contributed by atoms with Crippen molar-refractivity contribution >= 4 is 5.69 Å². The molecule has 0 radical (unpaired) electrons. The third-order valence-electron chi connectivity index (χ3n) is 4.09. The van der Waals surface area contributed by atoms with Crippen LogP contribution in [0.25, 0.3) is 0 Å². The van der Waals surface area contributed by atoms with Gasteiger partial charge in [0.15, 0.2) is 0 Å². The third-order valence-corrected chi connectivity index (χ3v) is 4.09. The lowest BCUT2D eigenvalue weighted by atomic mass is 9.98. The molecule has 2 atom stereocenters. The summed E-state index contributed by atoms with van der Waals surface area (Å²) >= 11 is 0. The lowest BCUT2D eigenvalue weighted by molar-refractivity contribution is 0.106. The molecule has 0 spiro atoms. The molecule has 0 aromatic heterocycles. The largest absolute Gasteiger partial charge is 0.383 e. The predicted octanol–water partition coefficient (Wildman–Crippen LogP) is 3.75. The number of rotatable bonds is 5. The van der Waals surface area contributed by atoms with Crippen LogP contribution in [0.15, 0.2) is 30.3 Å². The fraction of sp³-hybridized carbons (Fsp3) is 0.625. The number of benzene rings is 1. The molecule has 1 heterocycles. The second kappa shape index (κ2) is 6.79. The molecule has 2 heteroatoms. The van der Waals surface area contributed by atoms with Crippen molar-refractivity contribution in [3.63, 3.8) is 0 Å². The number of hydrogen-bond acceptors (Lipinski definition) is 2. The molecule has 0 saturated carbocycles. The monoisotopic (exact) mass is 246 g/mol. The molecule has 18 heavy (non-hydrogen) atoms. The van der Waals surface area contributed by atoms with Gasteiger partial charge in [-0.2, -0.15) is 0 Å². The Hall–Kier alpha value is -1.02. The van der Waals surface area contributed by atoms with E-state index in [1.54, 1.807) is 0 Å². The van der Waals surface area contributed by atoms with E-state index in [1.165, 1.54) is 37.9 Å². The molecule has 1 aromatic rings. The molecule has 2 nitrogen and oxygen atoms in total. The van der Waals surface area contributed by atoms with Crippen molar-refractivity contribution < 1.29 is 0 Å². The average Bonchev–Trinajstić information content (AvgIpc) is 2.45. The van der Waals surface area contributed by atoms with Gasteiger partial charge in [0, 0.05) is 24.3 Å². The lowest BCUT2D eigenvalue weighted by Crippen LogP contribution is -2.47. The molecule has 1 aliphatic rings. The van der Waals surface area contributed by atoms with Crippen LogP contribution in [-0.4, -0.2) is 30.1 Å². The smallest absolute Gasteiger partial charge is 0.0340 e. The standard InChI is InChI=1S/C16H26N2/c1-3-16-11-7-8-12-18(16)14(2)13-17-15-9-5-4-6-10-15/h4-6,9-10,14,16-17H,3,7-8,11-13H2,1-2H3. The van der Waals surface area contributed by atoms with Crippen LogP contribution in [0.3, 0.4) is 0 Å². The minimum absolute atomic E-state index is 0.621. The summed E-state index contributed by atoms with van der Waals surface area (Å²) in [7, 11) is 0. The van der Waals surface area contributed by atoms with E-state index < -0.39 is 0 Å². The van der Waals surface area contributed by atoms with E-state index in [9.17, 15) is 0 Å². The van der Waals surface area contributed by atoms with Crippen LogP contribution in [-0.2, 0) is 0 Å². The number of likely N-dealkylation sites (tertiary alicyclic amines) is 1. The van der Waals surface area contributed by atoms with Crippen LogP contribution in [0.2, 0.25) is 0 Å². The SMILES string of the molecule is CCC1CCCCN1C(C)CNc1ccccc1. The van der Waals surface area contributed by atoms with Gasteiger partial charge in [0.2, 0.25) is 0 Å². The summed E-state index contributed by atoms with van der Waals surface area (Å²) in [6.07, 6.45) is 5.45. The Morgan fingerprint density at radius 1 is 1.28 bits per heavy atom. The summed E-state index contributed by atoms with van der Waals surface area (Å²) in [5, 5.41) is 3.54. The zero-order chi connectivity index (χ0) is 12.8. The minimum Gasteiger partial charge on any atom is -0.383 e. The maximum absolute atomic E-state index is 3.54. The van der Waals surface area contributed by atoms with Gasteiger partial charge in [0.25, 0.3) is 0 Å². The molecule has 0 amide bonds. The quantitative estimate of drug-likeness (QED) is 0.851. The Morgan fingerprint density at radius 3 is 2.78 bits per heavy atom. The van der Waals surface area contributed by atoms with Gasteiger partial charge in [-0.15, -0.1) is 0 Å². The van der Waals surface area contributed by atoms with Crippen molar-refractivity contribution in [1.29, 1.82) is 0 Å². The lowest BCUT2D eigenvalue weighted by Gasteiger charge is -2.39. The molecule has 1 saturated heterocycles. The summed E-state index contributed by atoms with van der Waals surface area (Å²) in [4.78, 5) is 2.69. The Morgan fingerprint density at radius 2 is 2.06 bits per heavy atom. The van der Waals surface area contributed by atoms with E-state index in [0.29, 0.717) is 6.04 Å². The van der Waals surface area contributed by atoms with Crippen LogP contribution >= 0.6 is 0 Å². The highest BCUT2D eigenvalue weighted by atomic mass is 15.2. The Labute approximate surface area is 111 Å². The van der Waals surface area contributed by atoms with Gasteiger partial charge in [0.1, 0.15) is 0 Å². The summed E-state index contributed by atoms with van der Waals surface area (Å²) < 4.78 is 0. The predicted molar refractivity (Wildman–Crippen MR) is 79.0 cm³/mol. The van der Waals surface area contributed by atoms with Crippen molar-refractivity contribution in [1.82, 2.24) is 4.90 Å². The van der Waals surface area contributed by atoms with Crippen LogP contribution in [0, 0.1) is 0 Å². The molecular formula is C16H26N2. The number of anilines is 1. The normalized spacial score (nSPS) is 22.7. The summed E-state index contributed by atoms with van der Waals surface area (Å²) in [6.45, 7) is 6.99. The van der Waals surface area contributed by atoms with Gasteiger partial charge in [0.05, 0.1) is 0 Å². The minimum atomic E-state index is 0.621. The Bertz CT molecular complexity index is 336. The highest BCUT2D eigenvalue weighted by molar-refractivity contribution is 5.42. The van der Waals surface area contributed by atoms with E-state index in [4.69, 9.17) is 0 Å². The topological polar surface area (TPSA) is 15.3 Å². The number of para-hydroxylation sites is 1. The average molecular weight is 246 g/mol. The fourth-order valence-corrected chi connectivity index (χ4v) is 2.98. The van der Waals surface area contributed by atoms with Gasteiger partial charge in [-0.1, -0.05) is 31.5 Å². The maximum Gasteiger partial charge on any atom is 0.0340 e. The van der Waals surface area contributed by atoms with Crippen LogP contribution in [0.1, 0.15) is 39.5 Å². The first kappa shape index (κ1) is 13.4. The second-order valence-electron chi connectivity index (χ2n) is 5.39. The first-order valence-corrected chi connectivity index (χ1v) is 7.36. The molecule has 100 valence electrons. The van der Waals surface area contributed by atoms with Gasteiger partial charge in [-0.05, 0) is 44.9 Å². The number of piperidine rings is 1. The number of nitrogens with one attached hydrogen (secondary N) is 1. The summed E-state index contributed by atoms with van der Waals surface area (Å²) in [5.41, 5.74) is 1.23. The van der Waals surface area contributed by atoms with Crippen molar-refractivity contribution in [2.45, 2.75) is 51.6 Å². The van der Waals surface area contributed by atoms with E-state index in [2.05, 4.69) is 54.4 Å². The Balaban J connectivity index is 1.85. The number of hydrogen-bond donors (Lipinski definition) is 1. The highest BCUT2D eigenvalue weighted by Crippen LogP contribution is 2.22. The zero-order valence-electron chi connectivity index (χ0n) is 11.7. The van der Waals surface area contributed by atoms with Gasteiger partial charge in [-0.25, -0.2) is 0 Å². The molecule has 2 rings (SSSR count). The van der Waals surface area contributed by atoms with Gasteiger partial charge in [-0.3, -0.25) is 4.90 Å². The molecule has 1 aromatic carbocycles. The van der Waals surface area contributed by atoms with E-state index in [-0.39, 0.29) is 0 Å². The molecule has 0 bridgehead atoms. The molecule has 1 N–H and O–H groups in total. The summed E-state index contributed by atoms with van der Waals surface area (Å²) in [5.74, 6) is 0. The maximum atomic E-state index is 3.54. The van der Waals surface area contributed by atoms with Crippen molar-refractivity contribution in [2.75, 3.05) is 18.4 Å². The fourth-order valence-electron chi connectivity index (χ4n) is 2.98. The highest BCUT2D eigenvalue weighted by Gasteiger charge is 2.24. The van der Waals surface area contributed by atoms with E-state index in [0.717, 1.165) is 12.6 Å². The number of nitrogens with zero attached hydrogens (tertiary/aromatic N) is 1. The third kappa shape index (κ3) is 3.49. The van der Waals surface area contributed by atoms with Crippen molar-refractivity contribution in [2.24, 2.45) is 0 Å². The zero-order valence-corrected chi connectivity index (χ0v) is 11.7. The second-order valence-corrected chi connectivity index (χ2v) is 5.39. The van der Waals surface area contributed by atoms with E-state index in [1.807, 2.05) is 0 Å². The molecule has 1 aliphatic heterocycles. The molecule has 1 fully saturated rings. The van der Waals surface area contributed by atoms with Crippen LogP contribution < -0.4 is 5.32 Å². The van der Waals surface area contributed by atoms with E-state index >= 15 is 0 Å². The first-order valence-electron chi connectivity index (χ1n) is 7.36. The Kier molecular flexibility index (Phi) is 5.06.